The van der Waals surface area contributed by atoms with Gasteiger partial charge >= 0.3 is 0 Å². The quantitative estimate of drug-likeness (QED) is 0.675. The van der Waals surface area contributed by atoms with E-state index in [0.29, 0.717) is 30.8 Å². The number of Topliss-reactive ketones (excluding diaryl/α,β-unsaturated/α-hetero) is 1. The normalized spacial score (nSPS) is 28.1. The van der Waals surface area contributed by atoms with Crippen LogP contribution in [0.3, 0.4) is 0 Å². The fourth-order valence-electron chi connectivity index (χ4n) is 2.99. The van der Waals surface area contributed by atoms with Gasteiger partial charge in [0, 0.05) is 46.2 Å². The second-order valence-electron chi connectivity index (χ2n) is 5.88. The first-order chi connectivity index (χ1) is 9.08. The van der Waals surface area contributed by atoms with Crippen LogP contribution in [0.4, 0.5) is 0 Å². The highest BCUT2D eigenvalue weighted by molar-refractivity contribution is 5.82. The average Bonchev–Trinajstić information content (AvgIpc) is 2.35. The summed E-state index contributed by atoms with van der Waals surface area (Å²) in [6.07, 6.45) is 1.91. The van der Waals surface area contributed by atoms with E-state index in [1.165, 1.54) is 6.42 Å². The summed E-state index contributed by atoms with van der Waals surface area (Å²) in [6.45, 7) is 8.38. The van der Waals surface area contributed by atoms with Crippen LogP contribution in [0.1, 0.15) is 26.7 Å². The minimum absolute atomic E-state index is 0.185. The molecule has 1 rings (SSSR count). The lowest BCUT2D eigenvalue weighted by Gasteiger charge is -2.35. The molecule has 0 aromatic heterocycles. The Labute approximate surface area is 117 Å². The predicted octanol–water partition coefficient (Wildman–Crippen LogP) is 1.83. The maximum atomic E-state index is 12.2. The van der Waals surface area contributed by atoms with Crippen molar-refractivity contribution >= 4 is 5.78 Å². The first-order valence-electron chi connectivity index (χ1n) is 7.31. The Morgan fingerprint density at radius 3 is 2.21 bits per heavy atom. The molecular formula is C15H29NO3. The van der Waals surface area contributed by atoms with E-state index in [2.05, 4.69) is 18.7 Å². The summed E-state index contributed by atoms with van der Waals surface area (Å²) >= 11 is 0. The maximum absolute atomic E-state index is 12.2. The molecule has 0 aliphatic heterocycles. The molecule has 4 nitrogen and oxygen atoms in total. The van der Waals surface area contributed by atoms with Crippen LogP contribution < -0.4 is 0 Å². The van der Waals surface area contributed by atoms with E-state index in [-0.39, 0.29) is 5.92 Å². The van der Waals surface area contributed by atoms with Gasteiger partial charge < -0.3 is 9.47 Å². The van der Waals surface area contributed by atoms with Gasteiger partial charge in [-0.3, -0.25) is 9.69 Å². The van der Waals surface area contributed by atoms with Crippen LogP contribution in [0.5, 0.6) is 0 Å². The lowest BCUT2D eigenvalue weighted by atomic mass is 9.74. The Kier molecular flexibility index (Phi) is 7.57. The highest BCUT2D eigenvalue weighted by Crippen LogP contribution is 2.31. The van der Waals surface area contributed by atoms with E-state index < -0.39 is 0 Å². The number of carbonyl (C=O) groups is 1. The van der Waals surface area contributed by atoms with Gasteiger partial charge in [-0.15, -0.1) is 0 Å². The molecule has 3 unspecified atom stereocenters. The van der Waals surface area contributed by atoms with Crippen molar-refractivity contribution in [3.05, 3.63) is 0 Å². The van der Waals surface area contributed by atoms with E-state index in [9.17, 15) is 4.79 Å². The van der Waals surface area contributed by atoms with Crippen molar-refractivity contribution in [3.8, 4) is 0 Å². The van der Waals surface area contributed by atoms with Crippen molar-refractivity contribution in [2.45, 2.75) is 26.7 Å². The summed E-state index contributed by atoms with van der Waals surface area (Å²) in [6, 6.07) is 0. The van der Waals surface area contributed by atoms with Crippen molar-refractivity contribution in [3.63, 3.8) is 0 Å². The molecule has 0 bridgehead atoms. The van der Waals surface area contributed by atoms with E-state index >= 15 is 0 Å². The van der Waals surface area contributed by atoms with Crippen LogP contribution in [0.15, 0.2) is 0 Å². The molecule has 0 aromatic carbocycles. The predicted molar refractivity (Wildman–Crippen MR) is 76.3 cm³/mol. The third-order valence-corrected chi connectivity index (χ3v) is 4.10. The number of carbonyl (C=O) groups excluding carboxylic acids is 1. The largest absolute Gasteiger partial charge is 0.383 e. The van der Waals surface area contributed by atoms with Crippen LogP contribution in [0.2, 0.25) is 0 Å². The highest BCUT2D eigenvalue weighted by Gasteiger charge is 2.33. The maximum Gasteiger partial charge on any atom is 0.137 e. The number of ether oxygens (including phenoxy) is 2. The zero-order chi connectivity index (χ0) is 14.3. The smallest absolute Gasteiger partial charge is 0.137 e. The van der Waals surface area contributed by atoms with E-state index in [4.69, 9.17) is 9.47 Å². The lowest BCUT2D eigenvalue weighted by Crippen LogP contribution is -2.42. The molecule has 4 heteroatoms. The van der Waals surface area contributed by atoms with Gasteiger partial charge in [0.15, 0.2) is 0 Å². The first-order valence-corrected chi connectivity index (χ1v) is 7.31. The third-order valence-electron chi connectivity index (χ3n) is 4.10. The van der Waals surface area contributed by atoms with Crippen LogP contribution in [0, 0.1) is 17.8 Å². The van der Waals surface area contributed by atoms with Crippen LogP contribution in [-0.4, -0.2) is 57.8 Å². The zero-order valence-corrected chi connectivity index (χ0v) is 12.9. The van der Waals surface area contributed by atoms with Gasteiger partial charge in [-0.25, -0.2) is 0 Å². The molecule has 0 amide bonds. The Morgan fingerprint density at radius 2 is 1.74 bits per heavy atom. The second kappa shape index (κ2) is 8.67. The van der Waals surface area contributed by atoms with Crippen LogP contribution in [-0.2, 0) is 14.3 Å². The summed E-state index contributed by atoms with van der Waals surface area (Å²) < 4.78 is 10.3. The Morgan fingerprint density at radius 1 is 1.16 bits per heavy atom. The Balaban J connectivity index is 2.52. The van der Waals surface area contributed by atoms with Crippen molar-refractivity contribution in [2.75, 3.05) is 47.1 Å². The van der Waals surface area contributed by atoms with Crippen LogP contribution in [0.25, 0.3) is 0 Å². The Hall–Kier alpha value is -0.450. The molecule has 19 heavy (non-hydrogen) atoms. The fourth-order valence-corrected chi connectivity index (χ4v) is 2.99. The van der Waals surface area contributed by atoms with E-state index in [1.54, 1.807) is 14.2 Å². The zero-order valence-electron chi connectivity index (χ0n) is 12.9. The van der Waals surface area contributed by atoms with Gasteiger partial charge in [0.05, 0.1) is 13.2 Å². The van der Waals surface area contributed by atoms with Gasteiger partial charge in [-0.05, 0) is 18.3 Å². The molecule has 3 atom stereocenters. The first kappa shape index (κ1) is 16.6. The topological polar surface area (TPSA) is 38.8 Å². The molecule has 0 N–H and O–H groups in total. The number of nitrogens with zero attached hydrogens (tertiary/aromatic N) is 1. The summed E-state index contributed by atoms with van der Waals surface area (Å²) in [5, 5.41) is 0. The van der Waals surface area contributed by atoms with Gasteiger partial charge in [0.2, 0.25) is 0 Å². The molecule has 1 fully saturated rings. The minimum Gasteiger partial charge on any atom is -0.383 e. The van der Waals surface area contributed by atoms with Gasteiger partial charge in [0.1, 0.15) is 5.78 Å². The second-order valence-corrected chi connectivity index (χ2v) is 5.88. The molecule has 112 valence electrons. The number of ketones is 1. The number of methoxy groups -OCH3 is 2. The number of hydrogen-bond acceptors (Lipinski definition) is 4. The van der Waals surface area contributed by atoms with Crippen molar-refractivity contribution in [1.82, 2.24) is 4.90 Å². The summed E-state index contributed by atoms with van der Waals surface area (Å²) in [4.78, 5) is 14.5. The van der Waals surface area contributed by atoms with Gasteiger partial charge in [0.25, 0.3) is 0 Å². The van der Waals surface area contributed by atoms with Gasteiger partial charge in [-0.2, -0.15) is 0 Å². The molecule has 1 aliphatic rings. The average molecular weight is 271 g/mol. The van der Waals surface area contributed by atoms with E-state index in [1.807, 2.05) is 0 Å². The molecule has 0 saturated heterocycles. The van der Waals surface area contributed by atoms with Crippen molar-refractivity contribution < 1.29 is 14.3 Å². The number of hydrogen-bond donors (Lipinski definition) is 0. The third kappa shape index (κ3) is 5.59. The molecule has 0 aromatic rings. The molecule has 0 heterocycles. The Bertz CT molecular complexity index is 262. The van der Waals surface area contributed by atoms with Gasteiger partial charge in [-0.1, -0.05) is 13.8 Å². The molecule has 0 radical (unpaired) electrons. The molecule has 1 saturated carbocycles. The molecule has 0 spiro atoms. The highest BCUT2D eigenvalue weighted by atomic mass is 16.5. The lowest BCUT2D eigenvalue weighted by molar-refractivity contribution is -0.128. The molecular weight excluding hydrogens is 242 g/mol. The standard InChI is InChI=1S/C15H29NO3/c1-12-9-13(2)14(15(17)10-12)11-16(5-7-18-3)6-8-19-4/h12-14H,5-11H2,1-4H3. The number of rotatable bonds is 8. The van der Waals surface area contributed by atoms with Crippen molar-refractivity contribution in [2.24, 2.45) is 17.8 Å². The van der Waals surface area contributed by atoms with Crippen molar-refractivity contribution in [1.29, 1.82) is 0 Å². The fraction of sp³-hybridized carbons (Fsp3) is 0.933. The van der Waals surface area contributed by atoms with E-state index in [0.717, 1.165) is 26.1 Å². The monoisotopic (exact) mass is 271 g/mol. The summed E-state index contributed by atoms with van der Waals surface area (Å²) in [5.74, 6) is 1.66. The summed E-state index contributed by atoms with van der Waals surface area (Å²) in [5.41, 5.74) is 0. The SMILES string of the molecule is COCCN(CCOC)CC1C(=O)CC(C)CC1C. The molecule has 1 aliphatic carbocycles. The summed E-state index contributed by atoms with van der Waals surface area (Å²) in [7, 11) is 3.43. The van der Waals surface area contributed by atoms with Crippen LogP contribution >= 0.6 is 0 Å². The minimum atomic E-state index is 0.185.